The molecule has 0 spiro atoms. The minimum absolute atomic E-state index is 0.434. The quantitative estimate of drug-likeness (QED) is 0.723. The van der Waals surface area contributed by atoms with Gasteiger partial charge >= 0.3 is 0 Å². The highest BCUT2D eigenvalue weighted by Gasteiger charge is 2.11. The van der Waals surface area contributed by atoms with Crippen molar-refractivity contribution in [3.05, 3.63) is 34.5 Å². The molecule has 0 unspecified atom stereocenters. The summed E-state index contributed by atoms with van der Waals surface area (Å²) in [6, 6.07) is 7.99. The summed E-state index contributed by atoms with van der Waals surface area (Å²) in [6.45, 7) is 2.03. The van der Waals surface area contributed by atoms with Crippen molar-refractivity contribution in [1.82, 2.24) is 4.57 Å². The summed E-state index contributed by atoms with van der Waals surface area (Å²) in [4.78, 5) is 0. The van der Waals surface area contributed by atoms with E-state index in [0.717, 1.165) is 22.2 Å². The van der Waals surface area contributed by atoms with Gasteiger partial charge in [0.2, 0.25) is 0 Å². The van der Waals surface area contributed by atoms with Crippen molar-refractivity contribution in [3.8, 4) is 6.07 Å². The van der Waals surface area contributed by atoms with Crippen LogP contribution < -0.4 is 0 Å². The van der Waals surface area contributed by atoms with Crippen molar-refractivity contribution in [2.75, 3.05) is 0 Å². The summed E-state index contributed by atoms with van der Waals surface area (Å²) in [6.07, 6.45) is 0.434. The standard InChI is InChI=1S/C12H11ClN2/c1-8-10(5-6-14)11-7-9(13)3-4-12(11)15(8)2/h3-4,7H,5H2,1-2H3. The maximum atomic E-state index is 8.79. The summed E-state index contributed by atoms with van der Waals surface area (Å²) in [7, 11) is 2.01. The molecule has 0 saturated carbocycles. The zero-order valence-corrected chi connectivity index (χ0v) is 9.47. The van der Waals surface area contributed by atoms with Gasteiger partial charge in [0, 0.05) is 28.7 Å². The van der Waals surface area contributed by atoms with E-state index in [2.05, 4.69) is 10.6 Å². The molecule has 0 atom stereocenters. The van der Waals surface area contributed by atoms with E-state index in [1.807, 2.05) is 32.2 Å². The number of halogens is 1. The minimum Gasteiger partial charge on any atom is -0.348 e. The second-order valence-electron chi connectivity index (χ2n) is 3.62. The fourth-order valence-corrected chi connectivity index (χ4v) is 2.09. The van der Waals surface area contributed by atoms with E-state index in [1.54, 1.807) is 0 Å². The van der Waals surface area contributed by atoms with E-state index in [0.29, 0.717) is 11.4 Å². The number of hydrogen-bond acceptors (Lipinski definition) is 1. The van der Waals surface area contributed by atoms with Gasteiger partial charge in [0.1, 0.15) is 0 Å². The van der Waals surface area contributed by atoms with Gasteiger partial charge in [0.15, 0.2) is 0 Å². The molecule has 0 fully saturated rings. The Morgan fingerprint density at radius 1 is 1.47 bits per heavy atom. The molecule has 76 valence electrons. The molecule has 15 heavy (non-hydrogen) atoms. The van der Waals surface area contributed by atoms with Crippen LogP contribution in [0.15, 0.2) is 18.2 Å². The summed E-state index contributed by atoms with van der Waals surface area (Å²) in [5.74, 6) is 0. The van der Waals surface area contributed by atoms with Gasteiger partial charge in [-0.1, -0.05) is 11.6 Å². The highest BCUT2D eigenvalue weighted by molar-refractivity contribution is 6.31. The smallest absolute Gasteiger partial charge is 0.0670 e. The fourth-order valence-electron chi connectivity index (χ4n) is 1.92. The molecule has 0 saturated heterocycles. The lowest BCUT2D eigenvalue weighted by Gasteiger charge is -1.97. The van der Waals surface area contributed by atoms with Gasteiger partial charge in [-0.2, -0.15) is 5.26 Å². The Labute approximate surface area is 93.7 Å². The number of fused-ring (bicyclic) bond motifs is 1. The number of aryl methyl sites for hydroxylation is 1. The number of aromatic nitrogens is 1. The van der Waals surface area contributed by atoms with Crippen molar-refractivity contribution in [1.29, 1.82) is 5.26 Å². The van der Waals surface area contributed by atoms with Gasteiger partial charge in [-0.15, -0.1) is 0 Å². The Hall–Kier alpha value is -1.46. The first kappa shape index (κ1) is 10.1. The second kappa shape index (κ2) is 3.60. The van der Waals surface area contributed by atoms with Gasteiger partial charge in [-0.05, 0) is 30.7 Å². The topological polar surface area (TPSA) is 28.7 Å². The number of nitriles is 1. The molecular formula is C12H11ClN2. The first-order chi connectivity index (χ1) is 7.15. The summed E-state index contributed by atoms with van der Waals surface area (Å²) >= 11 is 5.96. The van der Waals surface area contributed by atoms with E-state index < -0.39 is 0 Å². The normalized spacial score (nSPS) is 10.5. The van der Waals surface area contributed by atoms with E-state index in [1.165, 1.54) is 0 Å². The van der Waals surface area contributed by atoms with Gasteiger partial charge in [-0.3, -0.25) is 0 Å². The molecule has 1 aromatic heterocycles. The van der Waals surface area contributed by atoms with Crippen molar-refractivity contribution < 1.29 is 0 Å². The monoisotopic (exact) mass is 218 g/mol. The average molecular weight is 219 g/mol. The van der Waals surface area contributed by atoms with Crippen LogP contribution in [0.3, 0.4) is 0 Å². The molecule has 2 nitrogen and oxygen atoms in total. The first-order valence-electron chi connectivity index (χ1n) is 4.75. The number of rotatable bonds is 1. The Bertz CT molecular complexity index is 561. The lowest BCUT2D eigenvalue weighted by Crippen LogP contribution is -1.91. The van der Waals surface area contributed by atoms with Crippen LogP contribution in [0.5, 0.6) is 0 Å². The molecular weight excluding hydrogens is 208 g/mol. The average Bonchev–Trinajstić information content (AvgIpc) is 2.44. The van der Waals surface area contributed by atoms with Crippen molar-refractivity contribution in [3.63, 3.8) is 0 Å². The second-order valence-corrected chi connectivity index (χ2v) is 4.06. The molecule has 0 aliphatic carbocycles. The van der Waals surface area contributed by atoms with E-state index in [-0.39, 0.29) is 0 Å². The third kappa shape index (κ3) is 1.49. The summed E-state index contributed by atoms with van der Waals surface area (Å²) < 4.78 is 2.10. The van der Waals surface area contributed by atoms with Crippen LogP contribution in [0.2, 0.25) is 5.02 Å². The predicted molar refractivity (Wildman–Crippen MR) is 62.0 cm³/mol. The molecule has 1 heterocycles. The van der Waals surface area contributed by atoms with E-state index in [4.69, 9.17) is 16.9 Å². The summed E-state index contributed by atoms with van der Waals surface area (Å²) in [5.41, 5.74) is 3.34. The SMILES string of the molecule is Cc1c(CC#N)c2cc(Cl)ccc2n1C. The Balaban J connectivity index is 2.83. The molecule has 0 N–H and O–H groups in total. The molecule has 3 heteroatoms. The van der Waals surface area contributed by atoms with Crippen molar-refractivity contribution >= 4 is 22.5 Å². The van der Waals surface area contributed by atoms with E-state index >= 15 is 0 Å². The fraction of sp³-hybridized carbons (Fsp3) is 0.250. The van der Waals surface area contributed by atoms with Crippen LogP contribution >= 0.6 is 11.6 Å². The molecule has 2 aromatic rings. The molecule has 0 aliphatic rings. The summed E-state index contributed by atoms with van der Waals surface area (Å²) in [5, 5.41) is 10.6. The van der Waals surface area contributed by atoms with Gasteiger partial charge in [0.25, 0.3) is 0 Å². The largest absolute Gasteiger partial charge is 0.348 e. The maximum Gasteiger partial charge on any atom is 0.0670 e. The molecule has 1 aromatic carbocycles. The molecule has 2 rings (SSSR count). The first-order valence-corrected chi connectivity index (χ1v) is 5.13. The zero-order chi connectivity index (χ0) is 11.0. The van der Waals surface area contributed by atoms with Gasteiger partial charge in [-0.25, -0.2) is 0 Å². The Morgan fingerprint density at radius 2 is 2.20 bits per heavy atom. The third-order valence-corrected chi connectivity index (χ3v) is 3.08. The van der Waals surface area contributed by atoms with Crippen LogP contribution in [0.25, 0.3) is 10.9 Å². The zero-order valence-electron chi connectivity index (χ0n) is 8.71. The highest BCUT2D eigenvalue weighted by atomic mass is 35.5. The number of benzene rings is 1. The minimum atomic E-state index is 0.434. The van der Waals surface area contributed by atoms with Crippen LogP contribution in [0.4, 0.5) is 0 Å². The van der Waals surface area contributed by atoms with Gasteiger partial charge in [0.05, 0.1) is 12.5 Å². The molecule has 0 amide bonds. The van der Waals surface area contributed by atoms with Crippen LogP contribution in [-0.2, 0) is 13.5 Å². The van der Waals surface area contributed by atoms with Crippen LogP contribution in [0, 0.1) is 18.3 Å². The number of hydrogen-bond donors (Lipinski definition) is 0. The van der Waals surface area contributed by atoms with Crippen molar-refractivity contribution in [2.24, 2.45) is 7.05 Å². The molecule has 0 bridgehead atoms. The third-order valence-electron chi connectivity index (χ3n) is 2.84. The Morgan fingerprint density at radius 3 is 2.87 bits per heavy atom. The van der Waals surface area contributed by atoms with Crippen LogP contribution in [0.1, 0.15) is 11.3 Å². The lowest BCUT2D eigenvalue weighted by molar-refractivity contribution is 0.906. The van der Waals surface area contributed by atoms with Crippen molar-refractivity contribution in [2.45, 2.75) is 13.3 Å². The molecule has 0 aliphatic heterocycles. The van der Waals surface area contributed by atoms with E-state index in [9.17, 15) is 0 Å². The number of nitrogens with zero attached hydrogens (tertiary/aromatic N) is 2. The maximum absolute atomic E-state index is 8.79. The predicted octanol–water partition coefficient (Wildman–Crippen LogP) is 3.21. The van der Waals surface area contributed by atoms with Crippen LogP contribution in [-0.4, -0.2) is 4.57 Å². The molecule has 0 radical (unpaired) electrons. The van der Waals surface area contributed by atoms with Gasteiger partial charge < -0.3 is 4.57 Å². The Kier molecular flexibility index (Phi) is 2.42. The lowest BCUT2D eigenvalue weighted by atomic mass is 10.1. The highest BCUT2D eigenvalue weighted by Crippen LogP contribution is 2.27.